The maximum Gasteiger partial charge on any atom is 0.229 e. The molecule has 9 heteroatoms. The third kappa shape index (κ3) is 3.49. The van der Waals surface area contributed by atoms with Crippen LogP contribution in [0.4, 0.5) is 42.0 Å². The number of fused-ring (bicyclic) bond motifs is 1. The van der Waals surface area contributed by atoms with Crippen molar-refractivity contribution >= 4 is 28.8 Å². The molecule has 0 fully saturated rings. The molecule has 0 spiro atoms. The largest absolute Gasteiger partial charge is 0.338 e. The highest BCUT2D eigenvalue weighted by atomic mass is 19.2. The Morgan fingerprint density at radius 1 is 0.963 bits per heavy atom. The molecule has 1 aromatic heterocycles. The van der Waals surface area contributed by atoms with Crippen LogP contribution in [0.5, 0.6) is 0 Å². The van der Waals surface area contributed by atoms with Crippen molar-refractivity contribution < 1.29 is 13.2 Å². The summed E-state index contributed by atoms with van der Waals surface area (Å²) >= 11 is 0. The summed E-state index contributed by atoms with van der Waals surface area (Å²) in [6.07, 6.45) is 0.999. The van der Waals surface area contributed by atoms with Gasteiger partial charge in [-0.1, -0.05) is 6.07 Å². The Hall–Kier alpha value is -3.33. The van der Waals surface area contributed by atoms with Crippen molar-refractivity contribution in [2.45, 2.75) is 6.54 Å². The van der Waals surface area contributed by atoms with Crippen molar-refractivity contribution in [3.8, 4) is 0 Å². The van der Waals surface area contributed by atoms with E-state index in [0.717, 1.165) is 41.8 Å². The second-order valence-electron chi connectivity index (χ2n) is 6.01. The number of halogens is 3. The van der Waals surface area contributed by atoms with Crippen LogP contribution in [-0.4, -0.2) is 17.0 Å². The van der Waals surface area contributed by atoms with Crippen molar-refractivity contribution in [1.29, 1.82) is 0 Å². The molecule has 0 aliphatic carbocycles. The first-order chi connectivity index (χ1) is 13.0. The molecule has 4 rings (SSSR count). The van der Waals surface area contributed by atoms with Crippen molar-refractivity contribution in [3.05, 3.63) is 65.6 Å². The number of hydrazine groups is 1. The predicted octanol–water partition coefficient (Wildman–Crippen LogP) is 3.84. The van der Waals surface area contributed by atoms with Gasteiger partial charge in [0.15, 0.2) is 23.3 Å². The number of anilines is 5. The fourth-order valence-corrected chi connectivity index (χ4v) is 2.75. The fraction of sp³-hybridized carbons (Fsp3) is 0.111. The van der Waals surface area contributed by atoms with Gasteiger partial charge in [0.1, 0.15) is 0 Å². The lowest BCUT2D eigenvalue weighted by Crippen LogP contribution is -2.26. The summed E-state index contributed by atoms with van der Waals surface area (Å²) in [6, 6.07) is 8.92. The van der Waals surface area contributed by atoms with Gasteiger partial charge in [0.25, 0.3) is 0 Å². The van der Waals surface area contributed by atoms with Gasteiger partial charge in [0.05, 0.1) is 11.9 Å². The van der Waals surface area contributed by atoms with Crippen LogP contribution in [0.2, 0.25) is 0 Å². The van der Waals surface area contributed by atoms with Gasteiger partial charge in [-0.2, -0.15) is 4.98 Å². The average Bonchev–Trinajstić information content (AvgIpc) is 3.02. The van der Waals surface area contributed by atoms with E-state index in [1.807, 2.05) is 30.3 Å². The van der Waals surface area contributed by atoms with Crippen LogP contribution in [0.25, 0.3) is 0 Å². The molecule has 0 atom stereocenters. The van der Waals surface area contributed by atoms with Crippen molar-refractivity contribution in [1.82, 2.24) is 15.4 Å². The van der Waals surface area contributed by atoms with Crippen LogP contribution in [0.1, 0.15) is 5.56 Å². The molecule has 0 radical (unpaired) electrons. The zero-order valence-electron chi connectivity index (χ0n) is 14.2. The molecular formula is C18H15F3N6. The van der Waals surface area contributed by atoms with E-state index >= 15 is 0 Å². The highest BCUT2D eigenvalue weighted by Crippen LogP contribution is 2.28. The van der Waals surface area contributed by atoms with E-state index in [0.29, 0.717) is 0 Å². The van der Waals surface area contributed by atoms with Gasteiger partial charge in [0.2, 0.25) is 5.95 Å². The van der Waals surface area contributed by atoms with Crippen LogP contribution >= 0.6 is 0 Å². The Balaban J connectivity index is 1.57. The van der Waals surface area contributed by atoms with Gasteiger partial charge in [0, 0.05) is 31.0 Å². The summed E-state index contributed by atoms with van der Waals surface area (Å²) in [7, 11) is 1.91. The third-order valence-corrected chi connectivity index (χ3v) is 4.14. The van der Waals surface area contributed by atoms with Crippen molar-refractivity contribution in [2.24, 2.45) is 0 Å². The highest BCUT2D eigenvalue weighted by molar-refractivity contribution is 5.67. The van der Waals surface area contributed by atoms with Crippen LogP contribution in [0.3, 0.4) is 0 Å². The number of benzene rings is 2. The van der Waals surface area contributed by atoms with Crippen LogP contribution in [-0.2, 0) is 6.54 Å². The van der Waals surface area contributed by atoms with E-state index in [-0.39, 0.29) is 17.5 Å². The maximum absolute atomic E-state index is 14.0. The molecule has 0 saturated carbocycles. The Bertz CT molecular complexity index is 1010. The molecule has 0 bridgehead atoms. The Morgan fingerprint density at radius 3 is 2.56 bits per heavy atom. The second-order valence-corrected chi connectivity index (χ2v) is 6.01. The van der Waals surface area contributed by atoms with Gasteiger partial charge < -0.3 is 15.6 Å². The van der Waals surface area contributed by atoms with Crippen molar-refractivity contribution in [3.63, 3.8) is 0 Å². The van der Waals surface area contributed by atoms with E-state index in [9.17, 15) is 13.2 Å². The van der Waals surface area contributed by atoms with E-state index in [2.05, 4.69) is 26.0 Å². The standard InChI is InChI=1S/C18H15F3N6/c1-27-16-7-12(3-2-10(16)8-23-27)25-18-22-9-15(21)17(26-18)24-11-4-5-13(19)14(20)6-11/h2-7,9,23H,8H2,1H3,(H2,22,24,25,26). The lowest BCUT2D eigenvalue weighted by atomic mass is 10.2. The number of nitrogens with one attached hydrogen (secondary N) is 3. The monoisotopic (exact) mass is 372 g/mol. The normalized spacial score (nSPS) is 12.8. The number of rotatable bonds is 4. The number of nitrogens with zero attached hydrogens (tertiary/aromatic N) is 3. The average molecular weight is 372 g/mol. The summed E-state index contributed by atoms with van der Waals surface area (Å²) in [5.41, 5.74) is 6.26. The summed E-state index contributed by atoms with van der Waals surface area (Å²) in [5.74, 6) is -2.73. The molecule has 138 valence electrons. The number of hydrogen-bond acceptors (Lipinski definition) is 6. The summed E-state index contributed by atoms with van der Waals surface area (Å²) < 4.78 is 40.4. The van der Waals surface area contributed by atoms with Gasteiger partial charge in [-0.25, -0.2) is 23.6 Å². The van der Waals surface area contributed by atoms with E-state index in [1.165, 1.54) is 6.07 Å². The minimum Gasteiger partial charge on any atom is -0.338 e. The number of hydrogen-bond donors (Lipinski definition) is 3. The fourth-order valence-electron chi connectivity index (χ4n) is 2.75. The van der Waals surface area contributed by atoms with Crippen LogP contribution in [0.15, 0.2) is 42.6 Å². The number of aromatic nitrogens is 2. The van der Waals surface area contributed by atoms with E-state index in [1.54, 1.807) is 0 Å². The molecule has 3 aromatic rings. The second kappa shape index (κ2) is 6.76. The Labute approximate surface area is 153 Å². The smallest absolute Gasteiger partial charge is 0.229 e. The first-order valence-electron chi connectivity index (χ1n) is 8.11. The van der Waals surface area contributed by atoms with E-state index < -0.39 is 17.5 Å². The minimum absolute atomic E-state index is 0.154. The summed E-state index contributed by atoms with van der Waals surface area (Å²) in [5, 5.41) is 7.54. The Morgan fingerprint density at radius 2 is 1.74 bits per heavy atom. The first-order valence-corrected chi connectivity index (χ1v) is 8.11. The zero-order chi connectivity index (χ0) is 19.0. The molecule has 6 nitrogen and oxygen atoms in total. The Kier molecular flexibility index (Phi) is 4.28. The molecule has 0 unspecified atom stereocenters. The quantitative estimate of drug-likeness (QED) is 0.647. The molecule has 0 saturated heterocycles. The predicted molar refractivity (Wildman–Crippen MR) is 96.6 cm³/mol. The molecule has 1 aliphatic heterocycles. The minimum atomic E-state index is -1.04. The third-order valence-electron chi connectivity index (χ3n) is 4.14. The van der Waals surface area contributed by atoms with Crippen LogP contribution < -0.4 is 21.1 Å². The summed E-state index contributed by atoms with van der Waals surface area (Å²) in [6.45, 7) is 0.751. The molecular weight excluding hydrogens is 357 g/mol. The van der Waals surface area contributed by atoms with Crippen LogP contribution in [0, 0.1) is 17.5 Å². The summed E-state index contributed by atoms with van der Waals surface area (Å²) in [4.78, 5) is 7.99. The molecule has 1 aliphatic rings. The SMILES string of the molecule is CN1NCc2ccc(Nc3ncc(F)c(Nc4ccc(F)c(F)c4)n3)cc21. The van der Waals surface area contributed by atoms with Gasteiger partial charge in [-0.3, -0.25) is 0 Å². The molecule has 2 aromatic carbocycles. The lowest BCUT2D eigenvalue weighted by molar-refractivity contribution is 0.509. The van der Waals surface area contributed by atoms with E-state index in [4.69, 9.17) is 0 Å². The molecule has 27 heavy (non-hydrogen) atoms. The molecule has 0 amide bonds. The van der Waals surface area contributed by atoms with Gasteiger partial charge >= 0.3 is 0 Å². The van der Waals surface area contributed by atoms with Crippen molar-refractivity contribution in [2.75, 3.05) is 22.7 Å². The lowest BCUT2D eigenvalue weighted by Gasteiger charge is -2.14. The van der Waals surface area contributed by atoms with Gasteiger partial charge in [-0.05, 0) is 29.8 Å². The topological polar surface area (TPSA) is 65.1 Å². The van der Waals surface area contributed by atoms with Gasteiger partial charge in [-0.15, -0.1) is 0 Å². The first kappa shape index (κ1) is 17.1. The zero-order valence-corrected chi connectivity index (χ0v) is 14.2. The molecule has 2 heterocycles. The highest BCUT2D eigenvalue weighted by Gasteiger charge is 2.16. The maximum atomic E-state index is 14.0. The molecule has 3 N–H and O–H groups in total.